The SMILES string of the molecule is COc1cc(C(N)c2ccc(F)c(F)c2)nn1C. The first-order chi connectivity index (χ1) is 8.52. The van der Waals surface area contributed by atoms with Crippen molar-refractivity contribution in [2.45, 2.75) is 6.04 Å². The highest BCUT2D eigenvalue weighted by Crippen LogP contribution is 2.23. The molecule has 0 fully saturated rings. The Morgan fingerprint density at radius 2 is 2.00 bits per heavy atom. The number of benzene rings is 1. The summed E-state index contributed by atoms with van der Waals surface area (Å²) in [4.78, 5) is 0. The molecule has 1 atom stereocenters. The summed E-state index contributed by atoms with van der Waals surface area (Å²) < 4.78 is 32.5. The molecule has 96 valence electrons. The van der Waals surface area contributed by atoms with Gasteiger partial charge in [-0.15, -0.1) is 0 Å². The molecule has 4 nitrogen and oxygen atoms in total. The second-order valence-electron chi connectivity index (χ2n) is 3.89. The van der Waals surface area contributed by atoms with Crippen LogP contribution in [0.25, 0.3) is 0 Å². The summed E-state index contributed by atoms with van der Waals surface area (Å²) in [6.45, 7) is 0. The molecule has 1 aromatic carbocycles. The van der Waals surface area contributed by atoms with Gasteiger partial charge in [0.05, 0.1) is 18.8 Å². The minimum Gasteiger partial charge on any atom is -0.481 e. The van der Waals surface area contributed by atoms with Crippen LogP contribution in [0.5, 0.6) is 5.88 Å². The minimum atomic E-state index is -0.925. The first kappa shape index (κ1) is 12.5. The Morgan fingerprint density at radius 3 is 2.56 bits per heavy atom. The number of hydrogen-bond donors (Lipinski definition) is 1. The van der Waals surface area contributed by atoms with Gasteiger partial charge in [-0.3, -0.25) is 0 Å². The van der Waals surface area contributed by atoms with Crippen LogP contribution in [-0.4, -0.2) is 16.9 Å². The molecule has 1 heterocycles. The molecule has 0 aliphatic heterocycles. The molecule has 1 unspecified atom stereocenters. The lowest BCUT2D eigenvalue weighted by molar-refractivity contribution is 0.373. The van der Waals surface area contributed by atoms with E-state index in [0.29, 0.717) is 17.1 Å². The molecule has 0 saturated heterocycles. The summed E-state index contributed by atoms with van der Waals surface area (Å²) >= 11 is 0. The van der Waals surface area contributed by atoms with Crippen LogP contribution < -0.4 is 10.5 Å². The van der Waals surface area contributed by atoms with Crippen LogP contribution in [0.4, 0.5) is 8.78 Å². The number of nitrogens with zero attached hydrogens (tertiary/aromatic N) is 2. The zero-order chi connectivity index (χ0) is 13.3. The number of ether oxygens (including phenoxy) is 1. The Hall–Kier alpha value is -1.95. The van der Waals surface area contributed by atoms with Gasteiger partial charge in [0, 0.05) is 13.1 Å². The van der Waals surface area contributed by atoms with Crippen molar-refractivity contribution >= 4 is 0 Å². The molecule has 0 aliphatic carbocycles. The average Bonchev–Trinajstić information content (AvgIpc) is 2.73. The zero-order valence-corrected chi connectivity index (χ0v) is 10.0. The van der Waals surface area contributed by atoms with Crippen LogP contribution in [0.15, 0.2) is 24.3 Å². The van der Waals surface area contributed by atoms with Gasteiger partial charge in [0.25, 0.3) is 0 Å². The predicted molar refractivity (Wildman–Crippen MR) is 62.1 cm³/mol. The molecular formula is C12H13F2N3O. The van der Waals surface area contributed by atoms with Gasteiger partial charge in [-0.25, -0.2) is 13.5 Å². The maximum Gasteiger partial charge on any atom is 0.211 e. The fourth-order valence-corrected chi connectivity index (χ4v) is 1.69. The number of aromatic nitrogens is 2. The van der Waals surface area contributed by atoms with Crippen molar-refractivity contribution in [1.82, 2.24) is 9.78 Å². The maximum absolute atomic E-state index is 13.1. The van der Waals surface area contributed by atoms with Gasteiger partial charge >= 0.3 is 0 Å². The monoisotopic (exact) mass is 253 g/mol. The molecule has 0 aliphatic rings. The van der Waals surface area contributed by atoms with Crippen molar-refractivity contribution in [2.75, 3.05) is 7.11 Å². The van der Waals surface area contributed by atoms with E-state index < -0.39 is 17.7 Å². The van der Waals surface area contributed by atoms with Gasteiger partial charge in [0.15, 0.2) is 11.6 Å². The molecule has 0 spiro atoms. The number of rotatable bonds is 3. The first-order valence-corrected chi connectivity index (χ1v) is 5.31. The van der Waals surface area contributed by atoms with Gasteiger partial charge in [-0.05, 0) is 17.7 Å². The Bertz CT molecular complexity index is 568. The number of nitrogens with two attached hydrogens (primary N) is 1. The lowest BCUT2D eigenvalue weighted by Gasteiger charge is -2.09. The quantitative estimate of drug-likeness (QED) is 0.906. The molecule has 2 aromatic rings. The summed E-state index contributed by atoms with van der Waals surface area (Å²) in [5, 5.41) is 4.16. The Morgan fingerprint density at radius 1 is 1.28 bits per heavy atom. The molecular weight excluding hydrogens is 240 g/mol. The Labute approximate surface area is 103 Å². The largest absolute Gasteiger partial charge is 0.481 e. The van der Waals surface area contributed by atoms with Crippen LogP contribution in [-0.2, 0) is 7.05 Å². The van der Waals surface area contributed by atoms with Crippen LogP contribution in [0.2, 0.25) is 0 Å². The molecule has 0 radical (unpaired) electrons. The Balaban J connectivity index is 2.34. The standard InChI is InChI=1S/C12H13F2N3O/c1-17-11(18-2)6-10(16-17)12(15)7-3-4-8(13)9(14)5-7/h3-6,12H,15H2,1-2H3. The molecule has 0 saturated carbocycles. The third-order valence-corrected chi connectivity index (χ3v) is 2.69. The summed E-state index contributed by atoms with van der Waals surface area (Å²) in [5.41, 5.74) is 6.93. The van der Waals surface area contributed by atoms with Crippen LogP contribution in [0, 0.1) is 11.6 Å². The topological polar surface area (TPSA) is 53.1 Å². The van der Waals surface area contributed by atoms with E-state index in [1.165, 1.54) is 17.9 Å². The summed E-state index contributed by atoms with van der Waals surface area (Å²) in [6.07, 6.45) is 0. The van der Waals surface area contributed by atoms with E-state index in [1.807, 2.05) is 0 Å². The third kappa shape index (κ3) is 2.19. The van der Waals surface area contributed by atoms with Crippen molar-refractivity contribution in [3.63, 3.8) is 0 Å². The van der Waals surface area contributed by atoms with Crippen molar-refractivity contribution in [3.05, 3.63) is 47.2 Å². The van der Waals surface area contributed by atoms with E-state index in [-0.39, 0.29) is 0 Å². The maximum atomic E-state index is 13.1. The van der Waals surface area contributed by atoms with Crippen molar-refractivity contribution in [2.24, 2.45) is 12.8 Å². The number of methoxy groups -OCH3 is 1. The van der Waals surface area contributed by atoms with E-state index >= 15 is 0 Å². The molecule has 1 aromatic heterocycles. The fourth-order valence-electron chi connectivity index (χ4n) is 1.69. The van der Waals surface area contributed by atoms with Crippen LogP contribution >= 0.6 is 0 Å². The van der Waals surface area contributed by atoms with E-state index in [1.54, 1.807) is 13.1 Å². The molecule has 2 rings (SSSR count). The smallest absolute Gasteiger partial charge is 0.211 e. The normalized spacial score (nSPS) is 12.5. The lowest BCUT2D eigenvalue weighted by atomic mass is 10.0. The second kappa shape index (κ2) is 4.73. The van der Waals surface area contributed by atoms with Crippen molar-refractivity contribution in [3.8, 4) is 5.88 Å². The van der Waals surface area contributed by atoms with Gasteiger partial charge in [0.2, 0.25) is 5.88 Å². The lowest BCUT2D eigenvalue weighted by Crippen LogP contribution is -2.13. The van der Waals surface area contributed by atoms with Gasteiger partial charge in [-0.2, -0.15) is 5.10 Å². The Kier molecular flexibility index (Phi) is 3.29. The van der Waals surface area contributed by atoms with Gasteiger partial charge in [-0.1, -0.05) is 6.07 Å². The molecule has 18 heavy (non-hydrogen) atoms. The minimum absolute atomic E-state index is 0.453. The second-order valence-corrected chi connectivity index (χ2v) is 3.89. The highest BCUT2D eigenvalue weighted by Gasteiger charge is 2.16. The number of aryl methyl sites for hydroxylation is 1. The summed E-state index contributed by atoms with van der Waals surface area (Å²) in [5.74, 6) is -1.28. The first-order valence-electron chi connectivity index (χ1n) is 5.31. The molecule has 2 N–H and O–H groups in total. The molecule has 6 heteroatoms. The van der Waals surface area contributed by atoms with E-state index in [0.717, 1.165) is 12.1 Å². The summed E-state index contributed by atoms with van der Waals surface area (Å²) in [7, 11) is 3.23. The third-order valence-electron chi connectivity index (χ3n) is 2.69. The van der Waals surface area contributed by atoms with Crippen molar-refractivity contribution in [1.29, 1.82) is 0 Å². The highest BCUT2D eigenvalue weighted by atomic mass is 19.2. The fraction of sp³-hybridized carbons (Fsp3) is 0.250. The van der Waals surface area contributed by atoms with Gasteiger partial charge < -0.3 is 10.5 Å². The number of halogens is 2. The van der Waals surface area contributed by atoms with E-state index in [2.05, 4.69) is 5.10 Å². The van der Waals surface area contributed by atoms with Crippen LogP contribution in [0.3, 0.4) is 0 Å². The molecule has 0 amide bonds. The van der Waals surface area contributed by atoms with E-state index in [4.69, 9.17) is 10.5 Å². The van der Waals surface area contributed by atoms with Crippen LogP contribution in [0.1, 0.15) is 17.3 Å². The highest BCUT2D eigenvalue weighted by molar-refractivity contribution is 5.30. The van der Waals surface area contributed by atoms with E-state index in [9.17, 15) is 8.78 Å². The molecule has 0 bridgehead atoms. The zero-order valence-electron chi connectivity index (χ0n) is 10.0. The van der Waals surface area contributed by atoms with Gasteiger partial charge in [0.1, 0.15) is 0 Å². The average molecular weight is 253 g/mol. The summed E-state index contributed by atoms with van der Waals surface area (Å²) in [6, 6.07) is 4.58. The predicted octanol–water partition coefficient (Wildman–Crippen LogP) is 1.76. The van der Waals surface area contributed by atoms with Crippen molar-refractivity contribution < 1.29 is 13.5 Å². The number of hydrogen-bond acceptors (Lipinski definition) is 3.